The van der Waals surface area contributed by atoms with Crippen LogP contribution in [0.25, 0.3) is 0 Å². The molecule has 0 aliphatic carbocycles. The molecule has 1 fully saturated rings. The maximum atomic E-state index is 11.9. The molecular formula is C14H18BrNO4S. The minimum atomic E-state index is -3.02. The molecule has 1 aromatic rings. The quantitative estimate of drug-likeness (QED) is 0.852. The third kappa shape index (κ3) is 5.00. The summed E-state index contributed by atoms with van der Waals surface area (Å²) in [5, 5.41) is 2.80. The summed E-state index contributed by atoms with van der Waals surface area (Å²) in [6.45, 7) is 2.02. The number of hydrogen-bond acceptors (Lipinski definition) is 4. The number of nitrogens with one attached hydrogen (secondary N) is 1. The van der Waals surface area contributed by atoms with Crippen molar-refractivity contribution in [3.63, 3.8) is 0 Å². The summed E-state index contributed by atoms with van der Waals surface area (Å²) in [6, 6.07) is 7.38. The van der Waals surface area contributed by atoms with E-state index in [0.29, 0.717) is 12.2 Å². The van der Waals surface area contributed by atoms with E-state index in [1.807, 2.05) is 24.3 Å². The molecule has 1 atom stereocenters. The van der Waals surface area contributed by atoms with E-state index < -0.39 is 15.4 Å². The molecule has 1 N–H and O–H groups in total. The van der Waals surface area contributed by atoms with Crippen molar-refractivity contribution in [1.29, 1.82) is 0 Å². The number of amides is 1. The van der Waals surface area contributed by atoms with Crippen molar-refractivity contribution in [3.05, 3.63) is 28.7 Å². The lowest BCUT2D eigenvalue weighted by Crippen LogP contribution is -2.47. The van der Waals surface area contributed by atoms with Crippen molar-refractivity contribution in [2.24, 2.45) is 0 Å². The van der Waals surface area contributed by atoms with Crippen molar-refractivity contribution in [1.82, 2.24) is 5.32 Å². The lowest BCUT2D eigenvalue weighted by Gasteiger charge is -2.23. The first-order valence-electron chi connectivity index (χ1n) is 6.68. The molecule has 1 aliphatic rings. The second-order valence-electron chi connectivity index (χ2n) is 5.51. The summed E-state index contributed by atoms with van der Waals surface area (Å²) in [4.78, 5) is 11.9. The summed E-state index contributed by atoms with van der Waals surface area (Å²) in [5.74, 6) is 0.646. The zero-order chi connectivity index (χ0) is 15.5. The van der Waals surface area contributed by atoms with Crippen molar-refractivity contribution in [2.75, 3.05) is 18.1 Å². The van der Waals surface area contributed by atoms with Gasteiger partial charge in [-0.05, 0) is 31.5 Å². The lowest BCUT2D eigenvalue weighted by molar-refractivity contribution is -0.123. The minimum Gasteiger partial charge on any atom is -0.493 e. The Morgan fingerprint density at radius 2 is 2.24 bits per heavy atom. The van der Waals surface area contributed by atoms with Gasteiger partial charge < -0.3 is 10.1 Å². The van der Waals surface area contributed by atoms with E-state index in [9.17, 15) is 13.2 Å². The van der Waals surface area contributed by atoms with Crippen molar-refractivity contribution in [3.8, 4) is 5.75 Å². The van der Waals surface area contributed by atoms with Crippen molar-refractivity contribution in [2.45, 2.75) is 25.3 Å². The first-order chi connectivity index (χ1) is 9.78. The number of rotatable bonds is 5. The highest BCUT2D eigenvalue weighted by molar-refractivity contribution is 9.10. The predicted molar refractivity (Wildman–Crippen MR) is 84.1 cm³/mol. The molecule has 116 valence electrons. The van der Waals surface area contributed by atoms with Gasteiger partial charge in [-0.15, -0.1) is 0 Å². The van der Waals surface area contributed by atoms with Crippen molar-refractivity contribution < 1.29 is 17.9 Å². The molecule has 2 rings (SSSR count). The fraction of sp³-hybridized carbons (Fsp3) is 0.500. The zero-order valence-corrected chi connectivity index (χ0v) is 14.2. The molecule has 1 unspecified atom stereocenters. The van der Waals surface area contributed by atoms with Crippen LogP contribution in [0.1, 0.15) is 19.8 Å². The van der Waals surface area contributed by atoms with E-state index in [4.69, 9.17) is 4.74 Å². The third-order valence-electron chi connectivity index (χ3n) is 3.34. The molecule has 0 saturated carbocycles. The molecule has 5 nitrogen and oxygen atoms in total. The highest BCUT2D eigenvalue weighted by atomic mass is 79.9. The zero-order valence-electron chi connectivity index (χ0n) is 11.8. The number of hydrogen-bond donors (Lipinski definition) is 1. The summed E-state index contributed by atoms with van der Waals surface area (Å²) < 4.78 is 29.4. The molecule has 1 aliphatic heterocycles. The van der Waals surface area contributed by atoms with Crippen LogP contribution in [0.2, 0.25) is 0 Å². The SMILES string of the molecule is CC1(NC(=O)CCOc2cccc(Br)c2)CCS(=O)(=O)C1. The van der Waals surface area contributed by atoms with Crippen LogP contribution in [0.15, 0.2) is 28.7 Å². The molecule has 7 heteroatoms. The second kappa shape index (κ2) is 6.36. The molecule has 0 spiro atoms. The van der Waals surface area contributed by atoms with E-state index in [1.54, 1.807) is 6.92 Å². The van der Waals surface area contributed by atoms with Gasteiger partial charge in [-0.3, -0.25) is 4.79 Å². The summed E-state index contributed by atoms with van der Waals surface area (Å²) in [5.41, 5.74) is -0.647. The van der Waals surface area contributed by atoms with Gasteiger partial charge >= 0.3 is 0 Å². The van der Waals surface area contributed by atoms with Gasteiger partial charge in [0, 0.05) is 4.47 Å². The normalized spacial score (nSPS) is 23.7. The van der Waals surface area contributed by atoms with Gasteiger partial charge in [0.05, 0.1) is 30.1 Å². The lowest BCUT2D eigenvalue weighted by atomic mass is 10.0. The highest BCUT2D eigenvalue weighted by Crippen LogP contribution is 2.23. The molecule has 21 heavy (non-hydrogen) atoms. The van der Waals surface area contributed by atoms with Crippen LogP contribution in [0.5, 0.6) is 5.75 Å². The Labute approximate surface area is 133 Å². The maximum absolute atomic E-state index is 11.9. The smallest absolute Gasteiger partial charge is 0.223 e. The van der Waals surface area contributed by atoms with Crippen LogP contribution < -0.4 is 10.1 Å². The van der Waals surface area contributed by atoms with E-state index >= 15 is 0 Å². The van der Waals surface area contributed by atoms with E-state index in [-0.39, 0.29) is 30.4 Å². The first kappa shape index (κ1) is 16.3. The fourth-order valence-corrected chi connectivity index (χ4v) is 4.80. The van der Waals surface area contributed by atoms with Gasteiger partial charge in [0.1, 0.15) is 5.75 Å². The molecule has 0 bridgehead atoms. The summed E-state index contributed by atoms with van der Waals surface area (Å²) in [7, 11) is -3.02. The van der Waals surface area contributed by atoms with E-state index in [1.165, 1.54) is 0 Å². The fourth-order valence-electron chi connectivity index (χ4n) is 2.33. The molecular weight excluding hydrogens is 358 g/mol. The number of sulfone groups is 1. The number of benzene rings is 1. The second-order valence-corrected chi connectivity index (χ2v) is 8.61. The molecule has 1 amide bonds. The number of halogens is 1. The number of carbonyl (C=O) groups excluding carboxylic acids is 1. The van der Waals surface area contributed by atoms with Crippen LogP contribution in [-0.2, 0) is 14.6 Å². The third-order valence-corrected chi connectivity index (χ3v) is 5.73. The molecule has 1 saturated heterocycles. The summed E-state index contributed by atoms with van der Waals surface area (Å²) in [6.07, 6.45) is 0.662. The van der Waals surface area contributed by atoms with Gasteiger partial charge in [0.25, 0.3) is 0 Å². The first-order valence-corrected chi connectivity index (χ1v) is 9.29. The Balaban J connectivity index is 1.78. The summed E-state index contributed by atoms with van der Waals surface area (Å²) >= 11 is 3.34. The van der Waals surface area contributed by atoms with E-state index in [0.717, 1.165) is 4.47 Å². The largest absolute Gasteiger partial charge is 0.493 e. The maximum Gasteiger partial charge on any atom is 0.223 e. The standard InChI is InChI=1S/C14H18BrNO4S/c1-14(6-8-21(18,19)10-14)16-13(17)5-7-20-12-4-2-3-11(15)9-12/h2-4,9H,5-8,10H2,1H3,(H,16,17). The van der Waals surface area contributed by atoms with Crippen LogP contribution in [-0.4, -0.2) is 38.0 Å². The van der Waals surface area contributed by atoms with Gasteiger partial charge in [-0.25, -0.2) is 8.42 Å². The van der Waals surface area contributed by atoms with Gasteiger partial charge in [-0.1, -0.05) is 22.0 Å². The monoisotopic (exact) mass is 375 g/mol. The van der Waals surface area contributed by atoms with Crippen LogP contribution in [0.3, 0.4) is 0 Å². The molecule has 0 aromatic heterocycles. The van der Waals surface area contributed by atoms with Crippen molar-refractivity contribution >= 4 is 31.7 Å². The van der Waals surface area contributed by atoms with Crippen LogP contribution >= 0.6 is 15.9 Å². The molecule has 0 radical (unpaired) electrons. The predicted octanol–water partition coefficient (Wildman–Crippen LogP) is 1.91. The highest BCUT2D eigenvalue weighted by Gasteiger charge is 2.39. The molecule has 1 heterocycles. The Bertz CT molecular complexity index is 632. The van der Waals surface area contributed by atoms with Crippen LogP contribution in [0.4, 0.5) is 0 Å². The van der Waals surface area contributed by atoms with E-state index in [2.05, 4.69) is 21.2 Å². The number of carbonyl (C=O) groups is 1. The Kier molecular flexibility index (Phi) is 4.93. The Hall–Kier alpha value is -1.08. The molecule has 1 aromatic carbocycles. The topological polar surface area (TPSA) is 72.5 Å². The Morgan fingerprint density at radius 1 is 1.48 bits per heavy atom. The van der Waals surface area contributed by atoms with Gasteiger partial charge in [0.15, 0.2) is 9.84 Å². The average Bonchev–Trinajstić information content (AvgIpc) is 2.63. The minimum absolute atomic E-state index is 0.0121. The van der Waals surface area contributed by atoms with Gasteiger partial charge in [-0.2, -0.15) is 0 Å². The Morgan fingerprint density at radius 3 is 2.86 bits per heavy atom. The average molecular weight is 376 g/mol. The number of ether oxygens (including phenoxy) is 1. The van der Waals surface area contributed by atoms with Crippen LogP contribution in [0, 0.1) is 0 Å². The van der Waals surface area contributed by atoms with Gasteiger partial charge in [0.2, 0.25) is 5.91 Å².